The van der Waals surface area contributed by atoms with Crippen LogP contribution in [0.4, 0.5) is 13.2 Å². The number of nitrogens with zero attached hydrogens (tertiary/aromatic N) is 1. The van der Waals surface area contributed by atoms with Crippen LogP contribution in [-0.4, -0.2) is 55.6 Å². The highest BCUT2D eigenvalue weighted by atomic mass is 19.4. The Balaban J connectivity index is 1.69. The average molecular weight is 371 g/mol. The minimum absolute atomic E-state index is 0.0528. The normalized spacial score (nSPS) is 17.2. The summed E-state index contributed by atoms with van der Waals surface area (Å²) in [7, 11) is 0. The number of furan rings is 1. The van der Waals surface area contributed by atoms with Crippen LogP contribution in [0.15, 0.2) is 41.2 Å². The molecule has 1 fully saturated rings. The van der Waals surface area contributed by atoms with Gasteiger partial charge in [0.1, 0.15) is 18.5 Å². The number of alkyl halides is 3. The largest absolute Gasteiger partial charge is 0.491 e. The molecule has 1 aromatic heterocycles. The van der Waals surface area contributed by atoms with E-state index in [2.05, 4.69) is 0 Å². The van der Waals surface area contributed by atoms with Crippen molar-refractivity contribution in [2.24, 2.45) is 0 Å². The van der Waals surface area contributed by atoms with Gasteiger partial charge < -0.3 is 19.0 Å². The molecule has 0 spiro atoms. The number of aliphatic hydroxyl groups is 1. The van der Waals surface area contributed by atoms with Gasteiger partial charge in [-0.05, 0) is 29.8 Å². The molecule has 0 amide bonds. The number of β-amino-alcohol motifs (C(OH)–C–C–N with tert-alkyl or cyclic N) is 1. The van der Waals surface area contributed by atoms with E-state index in [0.29, 0.717) is 44.0 Å². The maximum atomic E-state index is 13.2. The Bertz CT molecular complexity index is 697. The molecule has 1 aliphatic rings. The van der Waals surface area contributed by atoms with Gasteiger partial charge >= 0.3 is 6.18 Å². The number of morpholine rings is 1. The second-order valence-corrected chi connectivity index (χ2v) is 6.13. The molecule has 8 heteroatoms. The molecule has 1 atom stereocenters. The van der Waals surface area contributed by atoms with Crippen LogP contribution in [0.1, 0.15) is 5.56 Å². The molecule has 1 N–H and O–H groups in total. The highest BCUT2D eigenvalue weighted by Crippen LogP contribution is 2.35. The average Bonchev–Trinajstić information content (AvgIpc) is 3.14. The lowest BCUT2D eigenvalue weighted by Gasteiger charge is -2.28. The molecule has 0 aliphatic carbocycles. The van der Waals surface area contributed by atoms with E-state index in [1.807, 2.05) is 4.90 Å². The molecule has 1 saturated heterocycles. The first-order valence-corrected chi connectivity index (χ1v) is 8.27. The van der Waals surface area contributed by atoms with Crippen LogP contribution in [0.2, 0.25) is 0 Å². The van der Waals surface area contributed by atoms with Gasteiger partial charge in [0.05, 0.1) is 31.3 Å². The van der Waals surface area contributed by atoms with Gasteiger partial charge in [-0.15, -0.1) is 0 Å². The van der Waals surface area contributed by atoms with Crippen LogP contribution in [0.25, 0.3) is 11.1 Å². The highest BCUT2D eigenvalue weighted by Gasteiger charge is 2.31. The van der Waals surface area contributed by atoms with Crippen LogP contribution in [0, 0.1) is 0 Å². The van der Waals surface area contributed by atoms with Crippen molar-refractivity contribution in [2.45, 2.75) is 12.3 Å². The van der Waals surface area contributed by atoms with E-state index in [9.17, 15) is 18.3 Å². The van der Waals surface area contributed by atoms with E-state index in [0.717, 1.165) is 12.1 Å². The van der Waals surface area contributed by atoms with Crippen molar-refractivity contribution in [2.75, 3.05) is 39.5 Å². The zero-order valence-corrected chi connectivity index (χ0v) is 14.0. The van der Waals surface area contributed by atoms with Crippen molar-refractivity contribution in [1.82, 2.24) is 4.90 Å². The first-order chi connectivity index (χ1) is 12.4. The standard InChI is InChI=1S/C18H20F3NO4/c19-18(20,21)15-7-14(13-1-4-25-11-13)8-17(9-15)26-12-16(23)10-22-2-5-24-6-3-22/h1,4,7-9,11,16,23H,2-3,5-6,10,12H2. The third-order valence-electron chi connectivity index (χ3n) is 4.10. The Morgan fingerprint density at radius 3 is 2.58 bits per heavy atom. The molecular formula is C18H20F3NO4. The van der Waals surface area contributed by atoms with Gasteiger partial charge in [0, 0.05) is 25.2 Å². The SMILES string of the molecule is OC(COc1cc(-c2ccoc2)cc(C(F)(F)F)c1)CN1CCOCC1. The number of ether oxygens (including phenoxy) is 2. The van der Waals surface area contributed by atoms with Crippen molar-refractivity contribution in [3.05, 3.63) is 42.4 Å². The summed E-state index contributed by atoms with van der Waals surface area (Å²) in [4.78, 5) is 2.03. The van der Waals surface area contributed by atoms with Crippen LogP contribution in [0.3, 0.4) is 0 Å². The van der Waals surface area contributed by atoms with Crippen molar-refractivity contribution in [3.8, 4) is 16.9 Å². The van der Waals surface area contributed by atoms with E-state index < -0.39 is 17.8 Å². The Morgan fingerprint density at radius 2 is 1.92 bits per heavy atom. The van der Waals surface area contributed by atoms with Crippen molar-refractivity contribution in [1.29, 1.82) is 0 Å². The van der Waals surface area contributed by atoms with Crippen molar-refractivity contribution < 1.29 is 32.2 Å². The van der Waals surface area contributed by atoms with Gasteiger partial charge in [-0.2, -0.15) is 13.2 Å². The number of halogens is 3. The predicted molar refractivity (Wildman–Crippen MR) is 87.9 cm³/mol. The van der Waals surface area contributed by atoms with E-state index in [1.165, 1.54) is 18.6 Å². The Hall–Kier alpha value is -2.03. The third-order valence-corrected chi connectivity index (χ3v) is 4.10. The first kappa shape index (κ1) is 18.8. The molecule has 0 saturated carbocycles. The molecule has 26 heavy (non-hydrogen) atoms. The molecular weight excluding hydrogens is 351 g/mol. The summed E-state index contributed by atoms with van der Waals surface area (Å²) in [6.07, 6.45) is -2.54. The lowest BCUT2D eigenvalue weighted by atomic mass is 10.0. The lowest BCUT2D eigenvalue weighted by molar-refractivity contribution is -0.137. The molecule has 2 aromatic rings. The first-order valence-electron chi connectivity index (χ1n) is 8.27. The van der Waals surface area contributed by atoms with Gasteiger partial charge in [0.15, 0.2) is 0 Å². The fraction of sp³-hybridized carbons (Fsp3) is 0.444. The minimum atomic E-state index is -4.50. The smallest absolute Gasteiger partial charge is 0.416 e. The minimum Gasteiger partial charge on any atom is -0.491 e. The zero-order chi connectivity index (χ0) is 18.6. The Labute approximate surface area is 148 Å². The maximum Gasteiger partial charge on any atom is 0.416 e. The molecule has 3 rings (SSSR count). The summed E-state index contributed by atoms with van der Waals surface area (Å²) in [5, 5.41) is 10.1. The number of rotatable bonds is 6. The number of aliphatic hydroxyl groups excluding tert-OH is 1. The highest BCUT2D eigenvalue weighted by molar-refractivity contribution is 5.65. The van der Waals surface area contributed by atoms with Gasteiger partial charge in [0.25, 0.3) is 0 Å². The lowest BCUT2D eigenvalue weighted by Crippen LogP contribution is -2.42. The topological polar surface area (TPSA) is 55.1 Å². The number of hydrogen-bond acceptors (Lipinski definition) is 5. The van der Waals surface area contributed by atoms with Gasteiger partial charge in [-0.3, -0.25) is 4.90 Å². The molecule has 0 radical (unpaired) electrons. The molecule has 1 unspecified atom stereocenters. The van der Waals surface area contributed by atoms with Gasteiger partial charge in [-0.1, -0.05) is 0 Å². The molecule has 0 bridgehead atoms. The van der Waals surface area contributed by atoms with Crippen molar-refractivity contribution in [3.63, 3.8) is 0 Å². The fourth-order valence-electron chi connectivity index (χ4n) is 2.77. The maximum absolute atomic E-state index is 13.2. The van der Waals surface area contributed by atoms with E-state index >= 15 is 0 Å². The molecule has 1 aromatic carbocycles. The monoisotopic (exact) mass is 371 g/mol. The van der Waals surface area contributed by atoms with Crippen molar-refractivity contribution >= 4 is 0 Å². The predicted octanol–water partition coefficient (Wildman–Crippen LogP) is 3.04. The van der Waals surface area contributed by atoms with Gasteiger partial charge in [-0.25, -0.2) is 0 Å². The van der Waals surface area contributed by atoms with E-state index in [4.69, 9.17) is 13.9 Å². The van der Waals surface area contributed by atoms with Gasteiger partial charge in [0.2, 0.25) is 0 Å². The quantitative estimate of drug-likeness (QED) is 0.846. The summed E-state index contributed by atoms with van der Waals surface area (Å²) in [6.45, 7) is 2.93. The van der Waals surface area contributed by atoms with Crippen LogP contribution in [0.5, 0.6) is 5.75 Å². The molecule has 1 aliphatic heterocycles. The summed E-state index contributed by atoms with van der Waals surface area (Å²) in [5.74, 6) is 0.0528. The third kappa shape index (κ3) is 5.00. The van der Waals surface area contributed by atoms with E-state index in [1.54, 1.807) is 6.07 Å². The summed E-state index contributed by atoms with van der Waals surface area (Å²) >= 11 is 0. The van der Waals surface area contributed by atoms with Crippen LogP contribution in [-0.2, 0) is 10.9 Å². The van der Waals surface area contributed by atoms with Crippen LogP contribution >= 0.6 is 0 Å². The van der Waals surface area contributed by atoms with E-state index in [-0.39, 0.29) is 12.4 Å². The fourth-order valence-corrected chi connectivity index (χ4v) is 2.77. The number of hydrogen-bond donors (Lipinski definition) is 1. The number of benzene rings is 1. The Morgan fingerprint density at radius 1 is 1.15 bits per heavy atom. The molecule has 5 nitrogen and oxygen atoms in total. The summed E-state index contributed by atoms with van der Waals surface area (Å²) in [6, 6.07) is 5.06. The molecule has 2 heterocycles. The second-order valence-electron chi connectivity index (χ2n) is 6.13. The second kappa shape index (κ2) is 8.11. The van der Waals surface area contributed by atoms with Crippen LogP contribution < -0.4 is 4.74 Å². The summed E-state index contributed by atoms with van der Waals surface area (Å²) < 4.78 is 55.1. The molecule has 142 valence electrons. The Kier molecular flexibility index (Phi) is 5.85. The zero-order valence-electron chi connectivity index (χ0n) is 14.0. The summed E-state index contributed by atoms with van der Waals surface area (Å²) in [5.41, 5.74) is 0.0509.